The van der Waals surface area contributed by atoms with Gasteiger partial charge in [-0.3, -0.25) is 4.79 Å². The Morgan fingerprint density at radius 2 is 2.11 bits per heavy atom. The topological polar surface area (TPSA) is 75.3 Å². The third-order valence-electron chi connectivity index (χ3n) is 3.58. The number of phenolic OH excluding ortho intramolecular Hbond substituents is 1. The van der Waals surface area contributed by atoms with Crippen molar-refractivity contribution in [3.05, 3.63) is 29.8 Å². The van der Waals surface area contributed by atoms with E-state index < -0.39 is 5.54 Å². The molecule has 0 aliphatic heterocycles. The highest BCUT2D eigenvalue weighted by Gasteiger charge is 2.37. The molecule has 2 rings (SSSR count). The zero-order chi connectivity index (χ0) is 13.9. The number of hydrogen-bond acceptors (Lipinski definition) is 3. The minimum Gasteiger partial charge on any atom is -0.508 e. The lowest BCUT2D eigenvalue weighted by Crippen LogP contribution is -2.55. The Hall–Kier alpha value is -1.62. The summed E-state index contributed by atoms with van der Waals surface area (Å²) in [6.07, 6.45) is 3.91. The van der Waals surface area contributed by atoms with Gasteiger partial charge in [-0.1, -0.05) is 37.2 Å². The SMILES string of the molecule is NC(=S)C1(NC(=O)Cc2cccc(O)c2)CCCC1. The number of benzene rings is 1. The number of amides is 1. The van der Waals surface area contributed by atoms with Crippen LogP contribution in [-0.4, -0.2) is 21.5 Å². The summed E-state index contributed by atoms with van der Waals surface area (Å²) < 4.78 is 0. The second-order valence-corrected chi connectivity index (χ2v) is 5.49. The van der Waals surface area contributed by atoms with Crippen LogP contribution in [0.5, 0.6) is 5.75 Å². The molecule has 1 amide bonds. The lowest BCUT2D eigenvalue weighted by molar-refractivity contribution is -0.121. The second kappa shape index (κ2) is 5.57. The number of aromatic hydroxyl groups is 1. The molecule has 102 valence electrons. The van der Waals surface area contributed by atoms with E-state index in [4.69, 9.17) is 18.0 Å². The largest absolute Gasteiger partial charge is 0.508 e. The zero-order valence-electron chi connectivity index (χ0n) is 10.7. The number of hydrogen-bond donors (Lipinski definition) is 3. The Balaban J connectivity index is 2.02. The number of rotatable bonds is 4. The molecule has 0 atom stereocenters. The van der Waals surface area contributed by atoms with Gasteiger partial charge < -0.3 is 16.2 Å². The van der Waals surface area contributed by atoms with Crippen LogP contribution in [0.3, 0.4) is 0 Å². The highest BCUT2D eigenvalue weighted by Crippen LogP contribution is 2.30. The van der Waals surface area contributed by atoms with Crippen LogP contribution in [0.25, 0.3) is 0 Å². The Kier molecular flexibility index (Phi) is 4.04. The van der Waals surface area contributed by atoms with Gasteiger partial charge in [-0.25, -0.2) is 0 Å². The highest BCUT2D eigenvalue weighted by molar-refractivity contribution is 7.80. The highest BCUT2D eigenvalue weighted by atomic mass is 32.1. The van der Waals surface area contributed by atoms with E-state index in [-0.39, 0.29) is 18.1 Å². The van der Waals surface area contributed by atoms with Crippen molar-refractivity contribution in [1.29, 1.82) is 0 Å². The molecule has 1 aromatic carbocycles. The van der Waals surface area contributed by atoms with Crippen LogP contribution in [0.1, 0.15) is 31.2 Å². The van der Waals surface area contributed by atoms with Crippen molar-refractivity contribution in [2.24, 2.45) is 5.73 Å². The van der Waals surface area contributed by atoms with Crippen LogP contribution in [0, 0.1) is 0 Å². The molecule has 4 nitrogen and oxygen atoms in total. The maximum Gasteiger partial charge on any atom is 0.225 e. The van der Waals surface area contributed by atoms with Crippen molar-refractivity contribution in [1.82, 2.24) is 5.32 Å². The summed E-state index contributed by atoms with van der Waals surface area (Å²) in [5.74, 6) is 0.0514. The van der Waals surface area contributed by atoms with Crippen molar-refractivity contribution < 1.29 is 9.90 Å². The van der Waals surface area contributed by atoms with Crippen LogP contribution in [0.4, 0.5) is 0 Å². The van der Waals surface area contributed by atoms with E-state index in [0.717, 1.165) is 31.2 Å². The Morgan fingerprint density at radius 3 is 2.68 bits per heavy atom. The molecule has 1 aliphatic carbocycles. The van der Waals surface area contributed by atoms with E-state index in [1.165, 1.54) is 0 Å². The van der Waals surface area contributed by atoms with E-state index in [2.05, 4.69) is 5.32 Å². The van der Waals surface area contributed by atoms with Gasteiger partial charge in [0.25, 0.3) is 0 Å². The summed E-state index contributed by atoms with van der Waals surface area (Å²) in [7, 11) is 0. The molecule has 0 radical (unpaired) electrons. The number of phenols is 1. The van der Waals surface area contributed by atoms with Crippen LogP contribution in [-0.2, 0) is 11.2 Å². The predicted molar refractivity (Wildman–Crippen MR) is 77.9 cm³/mol. The summed E-state index contributed by atoms with van der Waals surface area (Å²) in [5, 5.41) is 12.3. The summed E-state index contributed by atoms with van der Waals surface area (Å²) in [6, 6.07) is 6.69. The fourth-order valence-corrected chi connectivity index (χ4v) is 2.83. The van der Waals surface area contributed by atoms with Gasteiger partial charge in [0.1, 0.15) is 5.75 Å². The van der Waals surface area contributed by atoms with Crippen molar-refractivity contribution >= 4 is 23.1 Å². The van der Waals surface area contributed by atoms with E-state index in [0.29, 0.717) is 4.99 Å². The third-order valence-corrected chi connectivity index (χ3v) is 3.97. The average Bonchev–Trinajstić information content (AvgIpc) is 2.78. The van der Waals surface area contributed by atoms with Gasteiger partial charge in [0.15, 0.2) is 0 Å². The van der Waals surface area contributed by atoms with Crippen LogP contribution < -0.4 is 11.1 Å². The molecule has 4 N–H and O–H groups in total. The first kappa shape index (κ1) is 13.8. The van der Waals surface area contributed by atoms with Crippen molar-refractivity contribution in [3.8, 4) is 5.75 Å². The molecule has 5 heteroatoms. The number of nitrogens with one attached hydrogen (secondary N) is 1. The molecule has 19 heavy (non-hydrogen) atoms. The monoisotopic (exact) mass is 278 g/mol. The fraction of sp³-hybridized carbons (Fsp3) is 0.429. The number of carbonyl (C=O) groups excluding carboxylic acids is 1. The van der Waals surface area contributed by atoms with Crippen molar-refractivity contribution in [2.45, 2.75) is 37.6 Å². The lowest BCUT2D eigenvalue weighted by Gasteiger charge is -2.29. The maximum atomic E-state index is 12.1. The summed E-state index contributed by atoms with van der Waals surface area (Å²) in [5.41, 5.74) is 6.04. The van der Waals surface area contributed by atoms with Crippen molar-refractivity contribution in [3.63, 3.8) is 0 Å². The Morgan fingerprint density at radius 1 is 1.42 bits per heavy atom. The third kappa shape index (κ3) is 3.23. The van der Waals surface area contributed by atoms with E-state index >= 15 is 0 Å². The molecular weight excluding hydrogens is 260 g/mol. The molecule has 0 aromatic heterocycles. The molecule has 1 aromatic rings. The van der Waals surface area contributed by atoms with E-state index in [1.807, 2.05) is 0 Å². The van der Waals surface area contributed by atoms with Gasteiger partial charge in [-0.15, -0.1) is 0 Å². The second-order valence-electron chi connectivity index (χ2n) is 5.05. The Labute approximate surface area is 118 Å². The molecule has 0 heterocycles. The molecular formula is C14H18N2O2S. The van der Waals surface area contributed by atoms with Crippen molar-refractivity contribution in [2.75, 3.05) is 0 Å². The quantitative estimate of drug-likeness (QED) is 0.732. The van der Waals surface area contributed by atoms with E-state index in [1.54, 1.807) is 24.3 Å². The van der Waals surface area contributed by atoms with Gasteiger partial charge in [-0.2, -0.15) is 0 Å². The molecule has 1 saturated carbocycles. The minimum atomic E-state index is -0.511. The Bertz CT molecular complexity index is 496. The van der Waals surface area contributed by atoms with Gasteiger partial charge >= 0.3 is 0 Å². The number of nitrogens with two attached hydrogens (primary N) is 1. The van der Waals surface area contributed by atoms with E-state index in [9.17, 15) is 9.90 Å². The lowest BCUT2D eigenvalue weighted by atomic mass is 9.97. The predicted octanol–water partition coefficient (Wildman–Crippen LogP) is 1.65. The first-order chi connectivity index (χ1) is 9.02. The number of thiocarbonyl (C=S) groups is 1. The first-order valence-corrected chi connectivity index (χ1v) is 6.81. The van der Waals surface area contributed by atoms with Gasteiger partial charge in [0.05, 0.1) is 16.9 Å². The molecule has 1 aliphatic rings. The summed E-state index contributed by atoms with van der Waals surface area (Å²) in [6.45, 7) is 0. The summed E-state index contributed by atoms with van der Waals surface area (Å²) in [4.78, 5) is 12.5. The number of carbonyl (C=O) groups is 1. The molecule has 1 fully saturated rings. The van der Waals surface area contributed by atoms with Gasteiger partial charge in [0, 0.05) is 0 Å². The standard InChI is InChI=1S/C14H18N2O2S/c15-13(19)14(6-1-2-7-14)16-12(18)9-10-4-3-5-11(17)8-10/h3-5,8,17H,1-2,6-7,9H2,(H2,15,19)(H,16,18). The maximum absolute atomic E-state index is 12.1. The van der Waals surface area contributed by atoms with Crippen LogP contribution in [0.2, 0.25) is 0 Å². The molecule has 0 saturated heterocycles. The molecule has 0 spiro atoms. The van der Waals surface area contributed by atoms with Gasteiger partial charge in [-0.05, 0) is 30.5 Å². The fourth-order valence-electron chi connectivity index (χ4n) is 2.57. The first-order valence-electron chi connectivity index (χ1n) is 6.41. The van der Waals surface area contributed by atoms with Crippen LogP contribution in [0.15, 0.2) is 24.3 Å². The average molecular weight is 278 g/mol. The normalized spacial score (nSPS) is 17.1. The molecule has 0 unspecified atom stereocenters. The van der Waals surface area contributed by atoms with Gasteiger partial charge in [0.2, 0.25) is 5.91 Å². The molecule has 0 bridgehead atoms. The smallest absolute Gasteiger partial charge is 0.225 e. The minimum absolute atomic E-state index is 0.111. The summed E-state index contributed by atoms with van der Waals surface area (Å²) >= 11 is 5.09. The zero-order valence-corrected chi connectivity index (χ0v) is 11.5. The van der Waals surface area contributed by atoms with Crippen LogP contribution >= 0.6 is 12.2 Å².